The maximum absolute atomic E-state index is 3.74. The van der Waals surface area contributed by atoms with Crippen molar-refractivity contribution < 1.29 is 0 Å². The first-order valence-electron chi connectivity index (χ1n) is 10.2. The Morgan fingerprint density at radius 2 is 1.45 bits per heavy atom. The summed E-state index contributed by atoms with van der Waals surface area (Å²) < 4.78 is 0. The molecule has 0 amide bonds. The van der Waals surface area contributed by atoms with E-state index in [0.29, 0.717) is 0 Å². The summed E-state index contributed by atoms with van der Waals surface area (Å²) >= 11 is 0. The highest BCUT2D eigenvalue weighted by atomic mass is 15.0. The predicted molar refractivity (Wildman–Crippen MR) is 100 cm³/mol. The van der Waals surface area contributed by atoms with Crippen LogP contribution in [0.2, 0.25) is 0 Å². The van der Waals surface area contributed by atoms with Gasteiger partial charge in [0.15, 0.2) is 0 Å². The highest BCUT2D eigenvalue weighted by Crippen LogP contribution is 2.17. The first kappa shape index (κ1) is 19.7. The maximum Gasteiger partial charge on any atom is 0.00695 e. The van der Waals surface area contributed by atoms with Gasteiger partial charge in [-0.15, -0.1) is 0 Å². The molecule has 2 unspecified atom stereocenters. The Kier molecular flexibility index (Phi) is 12.8. The first-order chi connectivity index (χ1) is 10.8. The number of rotatable bonds is 13. The van der Waals surface area contributed by atoms with Crippen molar-refractivity contribution in [3.05, 3.63) is 12.2 Å². The lowest BCUT2D eigenvalue weighted by Gasteiger charge is -2.28. The van der Waals surface area contributed by atoms with E-state index in [1.807, 2.05) is 0 Å². The SMILES string of the molecule is CCCCCCCCCC=CCCCCC1CCCC(C)N1. The van der Waals surface area contributed by atoms with E-state index >= 15 is 0 Å². The van der Waals surface area contributed by atoms with Crippen LogP contribution in [-0.4, -0.2) is 12.1 Å². The fraction of sp³-hybridized carbons (Fsp3) is 0.905. The van der Waals surface area contributed by atoms with Gasteiger partial charge in [-0.1, -0.05) is 70.4 Å². The lowest BCUT2D eigenvalue weighted by molar-refractivity contribution is 0.316. The zero-order chi connectivity index (χ0) is 15.9. The zero-order valence-electron chi connectivity index (χ0n) is 15.4. The third kappa shape index (κ3) is 11.3. The van der Waals surface area contributed by atoms with Crippen LogP contribution in [0.4, 0.5) is 0 Å². The van der Waals surface area contributed by atoms with Crippen LogP contribution < -0.4 is 5.32 Å². The first-order valence-corrected chi connectivity index (χ1v) is 10.2. The topological polar surface area (TPSA) is 12.0 Å². The summed E-state index contributed by atoms with van der Waals surface area (Å²) in [6.07, 6.45) is 25.7. The molecule has 0 aromatic rings. The summed E-state index contributed by atoms with van der Waals surface area (Å²) in [5.74, 6) is 0. The summed E-state index contributed by atoms with van der Waals surface area (Å²) in [4.78, 5) is 0. The third-order valence-electron chi connectivity index (χ3n) is 5.02. The van der Waals surface area contributed by atoms with E-state index in [9.17, 15) is 0 Å². The molecule has 1 heterocycles. The second-order valence-corrected chi connectivity index (χ2v) is 7.36. The monoisotopic (exact) mass is 307 g/mol. The Bertz CT molecular complexity index is 259. The van der Waals surface area contributed by atoms with Crippen LogP contribution in [0.1, 0.15) is 110 Å². The molecule has 1 aliphatic heterocycles. The van der Waals surface area contributed by atoms with E-state index in [0.717, 1.165) is 12.1 Å². The van der Waals surface area contributed by atoms with Gasteiger partial charge in [0, 0.05) is 12.1 Å². The Balaban J connectivity index is 1.80. The summed E-state index contributed by atoms with van der Waals surface area (Å²) in [7, 11) is 0. The second-order valence-electron chi connectivity index (χ2n) is 7.36. The van der Waals surface area contributed by atoms with Gasteiger partial charge in [-0.2, -0.15) is 0 Å². The van der Waals surface area contributed by atoms with Crippen LogP contribution in [0.15, 0.2) is 12.2 Å². The van der Waals surface area contributed by atoms with Crippen molar-refractivity contribution in [2.24, 2.45) is 0 Å². The van der Waals surface area contributed by atoms with Crippen molar-refractivity contribution in [2.45, 2.75) is 122 Å². The zero-order valence-corrected chi connectivity index (χ0v) is 15.4. The van der Waals surface area contributed by atoms with Crippen molar-refractivity contribution >= 4 is 0 Å². The number of hydrogen-bond acceptors (Lipinski definition) is 1. The molecular weight excluding hydrogens is 266 g/mol. The molecule has 1 rings (SSSR count). The summed E-state index contributed by atoms with van der Waals surface area (Å²) in [6.45, 7) is 4.62. The van der Waals surface area contributed by atoms with E-state index in [1.54, 1.807) is 0 Å². The molecule has 1 nitrogen and oxygen atoms in total. The van der Waals surface area contributed by atoms with Gasteiger partial charge >= 0.3 is 0 Å². The van der Waals surface area contributed by atoms with Crippen LogP contribution >= 0.6 is 0 Å². The summed E-state index contributed by atoms with van der Waals surface area (Å²) in [5.41, 5.74) is 0. The minimum atomic E-state index is 0.751. The Labute approximate surface area is 140 Å². The number of piperidine rings is 1. The van der Waals surface area contributed by atoms with Crippen molar-refractivity contribution in [3.8, 4) is 0 Å². The van der Waals surface area contributed by atoms with Gasteiger partial charge in [-0.25, -0.2) is 0 Å². The van der Waals surface area contributed by atoms with Gasteiger partial charge in [0.05, 0.1) is 0 Å². The standard InChI is InChI=1S/C21H41N/c1-3-4-5-6-7-8-9-10-11-12-13-14-15-18-21-19-16-17-20(2)22-21/h11-12,20-22H,3-10,13-19H2,1-2H3. The van der Waals surface area contributed by atoms with Gasteiger partial charge in [-0.05, 0) is 51.9 Å². The number of allylic oxidation sites excluding steroid dienone is 2. The van der Waals surface area contributed by atoms with Crippen molar-refractivity contribution in [1.29, 1.82) is 0 Å². The molecule has 1 aliphatic rings. The Morgan fingerprint density at radius 3 is 2.14 bits per heavy atom. The van der Waals surface area contributed by atoms with E-state index in [1.165, 1.54) is 96.3 Å². The minimum absolute atomic E-state index is 0.751. The molecule has 0 aliphatic carbocycles. The lowest BCUT2D eigenvalue weighted by Crippen LogP contribution is -2.40. The van der Waals surface area contributed by atoms with Gasteiger partial charge in [0.2, 0.25) is 0 Å². The number of unbranched alkanes of at least 4 members (excludes halogenated alkanes) is 9. The van der Waals surface area contributed by atoms with E-state index < -0.39 is 0 Å². The highest BCUT2D eigenvalue weighted by molar-refractivity contribution is 4.82. The van der Waals surface area contributed by atoms with Crippen molar-refractivity contribution in [3.63, 3.8) is 0 Å². The Hall–Kier alpha value is -0.300. The van der Waals surface area contributed by atoms with E-state index in [-0.39, 0.29) is 0 Å². The molecule has 0 spiro atoms. The molecule has 0 bridgehead atoms. The quantitative estimate of drug-likeness (QED) is 0.292. The molecule has 0 aromatic heterocycles. The van der Waals surface area contributed by atoms with Gasteiger partial charge in [0.1, 0.15) is 0 Å². The molecule has 1 N–H and O–H groups in total. The van der Waals surface area contributed by atoms with Gasteiger partial charge < -0.3 is 5.32 Å². The van der Waals surface area contributed by atoms with Crippen LogP contribution in [0.25, 0.3) is 0 Å². The fourth-order valence-electron chi connectivity index (χ4n) is 3.58. The average Bonchev–Trinajstić information content (AvgIpc) is 2.52. The average molecular weight is 308 g/mol. The van der Waals surface area contributed by atoms with Crippen LogP contribution in [0.5, 0.6) is 0 Å². The van der Waals surface area contributed by atoms with Crippen LogP contribution in [-0.2, 0) is 0 Å². The Morgan fingerprint density at radius 1 is 0.818 bits per heavy atom. The summed E-state index contributed by atoms with van der Waals surface area (Å²) in [6, 6.07) is 1.56. The second kappa shape index (κ2) is 14.3. The minimum Gasteiger partial charge on any atom is -0.312 e. The lowest BCUT2D eigenvalue weighted by atomic mass is 9.95. The number of nitrogens with one attached hydrogen (secondary N) is 1. The number of hydrogen-bond donors (Lipinski definition) is 1. The third-order valence-corrected chi connectivity index (χ3v) is 5.02. The molecule has 1 saturated heterocycles. The maximum atomic E-state index is 3.74. The smallest absolute Gasteiger partial charge is 0.00695 e. The molecule has 0 saturated carbocycles. The van der Waals surface area contributed by atoms with Crippen LogP contribution in [0, 0.1) is 0 Å². The highest BCUT2D eigenvalue weighted by Gasteiger charge is 2.16. The summed E-state index contributed by atoms with van der Waals surface area (Å²) in [5, 5.41) is 3.74. The molecule has 1 fully saturated rings. The molecular formula is C21H41N. The molecule has 0 aromatic carbocycles. The van der Waals surface area contributed by atoms with E-state index in [4.69, 9.17) is 0 Å². The predicted octanol–water partition coefficient (Wildman–Crippen LogP) is 6.77. The molecule has 2 atom stereocenters. The van der Waals surface area contributed by atoms with Gasteiger partial charge in [-0.3, -0.25) is 0 Å². The van der Waals surface area contributed by atoms with Crippen molar-refractivity contribution in [2.75, 3.05) is 0 Å². The molecule has 22 heavy (non-hydrogen) atoms. The molecule has 1 heteroatoms. The van der Waals surface area contributed by atoms with Crippen molar-refractivity contribution in [1.82, 2.24) is 5.32 Å². The largest absolute Gasteiger partial charge is 0.312 e. The van der Waals surface area contributed by atoms with Crippen LogP contribution in [0.3, 0.4) is 0 Å². The van der Waals surface area contributed by atoms with Gasteiger partial charge in [0.25, 0.3) is 0 Å². The fourth-order valence-corrected chi connectivity index (χ4v) is 3.58. The normalized spacial score (nSPS) is 22.5. The molecule has 130 valence electrons. The van der Waals surface area contributed by atoms with E-state index in [2.05, 4.69) is 31.3 Å². The molecule has 0 radical (unpaired) electrons.